The number of carbonyl (C=O) groups excluding carboxylic acids is 2. The molecule has 3 amide bonds. The Morgan fingerprint density at radius 1 is 1.07 bits per heavy atom. The molecule has 2 fully saturated rings. The number of aromatic nitrogens is 2. The summed E-state index contributed by atoms with van der Waals surface area (Å²) in [5, 5.41) is 1.09. The number of likely N-dealkylation sites (N-methyl/N-ethyl adjacent to an activating group) is 1. The van der Waals surface area contributed by atoms with Crippen LogP contribution < -0.4 is 0 Å². The molecule has 0 bridgehead atoms. The van der Waals surface area contributed by atoms with Gasteiger partial charge in [0.05, 0.1) is 23.3 Å². The predicted octanol–water partition coefficient (Wildman–Crippen LogP) is 3.12. The normalized spacial score (nSPS) is 19.4. The summed E-state index contributed by atoms with van der Waals surface area (Å²) in [6, 6.07) is 11.7. The minimum atomic E-state index is -0.733. The molecule has 0 radical (unpaired) electrons. The molecule has 154 valence electrons. The van der Waals surface area contributed by atoms with E-state index in [0.717, 1.165) is 35.7 Å². The maximum absolute atomic E-state index is 13.3. The average molecular weight is 422 g/mol. The van der Waals surface area contributed by atoms with Crippen LogP contribution in [0.25, 0.3) is 10.2 Å². The highest BCUT2D eigenvalue weighted by atomic mass is 32.1. The first-order valence-corrected chi connectivity index (χ1v) is 10.9. The summed E-state index contributed by atoms with van der Waals surface area (Å²) in [4.78, 5) is 40.3. The van der Waals surface area contributed by atoms with Crippen molar-refractivity contribution in [1.82, 2.24) is 24.7 Å². The van der Waals surface area contributed by atoms with Gasteiger partial charge in [-0.25, -0.2) is 9.78 Å². The second-order valence-electron chi connectivity index (χ2n) is 7.98. The molecule has 2 aromatic heterocycles. The zero-order valence-corrected chi connectivity index (χ0v) is 17.6. The first-order chi connectivity index (χ1) is 14.6. The number of nitrogens with zero attached hydrogens (tertiary/aromatic N) is 5. The van der Waals surface area contributed by atoms with E-state index < -0.39 is 5.54 Å². The number of urea groups is 1. The van der Waals surface area contributed by atoms with Gasteiger partial charge in [0.15, 0.2) is 0 Å². The number of amides is 3. The third-order valence-electron chi connectivity index (χ3n) is 6.25. The molecule has 2 aliphatic heterocycles. The maximum Gasteiger partial charge on any atom is 0.327 e. The molecule has 2 saturated heterocycles. The Hall–Kier alpha value is -2.84. The van der Waals surface area contributed by atoms with E-state index in [2.05, 4.69) is 16.0 Å². The average Bonchev–Trinajstić information content (AvgIpc) is 3.25. The number of likely N-dealkylation sites (tertiary alicyclic amines) is 1. The summed E-state index contributed by atoms with van der Waals surface area (Å²) in [7, 11) is 1.76. The van der Waals surface area contributed by atoms with Crippen LogP contribution in [0, 0.1) is 0 Å². The third kappa shape index (κ3) is 3.16. The Labute approximate surface area is 178 Å². The van der Waals surface area contributed by atoms with E-state index in [1.807, 2.05) is 30.3 Å². The van der Waals surface area contributed by atoms with Gasteiger partial charge in [-0.05, 0) is 36.6 Å². The Morgan fingerprint density at radius 3 is 2.60 bits per heavy atom. The molecule has 8 heteroatoms. The van der Waals surface area contributed by atoms with Crippen LogP contribution in [-0.2, 0) is 17.9 Å². The van der Waals surface area contributed by atoms with E-state index in [1.54, 1.807) is 35.7 Å². The lowest BCUT2D eigenvalue weighted by atomic mass is 9.86. The molecule has 5 rings (SSSR count). The van der Waals surface area contributed by atoms with E-state index in [-0.39, 0.29) is 18.5 Å². The highest BCUT2D eigenvalue weighted by molar-refractivity contribution is 7.18. The minimum Gasteiger partial charge on any atom is -0.312 e. The van der Waals surface area contributed by atoms with Gasteiger partial charge in [-0.1, -0.05) is 18.2 Å². The van der Waals surface area contributed by atoms with Crippen molar-refractivity contribution < 1.29 is 9.59 Å². The van der Waals surface area contributed by atoms with E-state index in [1.165, 1.54) is 9.60 Å². The molecule has 1 spiro atoms. The Kier molecular flexibility index (Phi) is 4.75. The fourth-order valence-electron chi connectivity index (χ4n) is 4.47. The lowest BCUT2D eigenvalue weighted by Crippen LogP contribution is -2.55. The molecule has 0 unspecified atom stereocenters. The molecule has 0 N–H and O–H groups in total. The van der Waals surface area contributed by atoms with Crippen molar-refractivity contribution in [3.05, 3.63) is 59.4 Å². The molecular weight excluding hydrogens is 398 g/mol. The molecule has 30 heavy (non-hydrogen) atoms. The van der Waals surface area contributed by atoms with Gasteiger partial charge in [0.2, 0.25) is 0 Å². The van der Waals surface area contributed by atoms with Gasteiger partial charge in [-0.2, -0.15) is 0 Å². The fraction of sp³-hybridized carbons (Fsp3) is 0.364. The van der Waals surface area contributed by atoms with Crippen molar-refractivity contribution in [2.45, 2.75) is 31.5 Å². The summed E-state index contributed by atoms with van der Waals surface area (Å²) in [6.45, 7) is 2.58. The first kappa shape index (κ1) is 19.1. The van der Waals surface area contributed by atoms with Crippen molar-refractivity contribution >= 4 is 33.5 Å². The van der Waals surface area contributed by atoms with Crippen LogP contribution in [0.5, 0.6) is 0 Å². The smallest absolute Gasteiger partial charge is 0.312 e. The second kappa shape index (κ2) is 7.45. The lowest BCUT2D eigenvalue weighted by molar-refractivity contribution is -0.135. The molecule has 1 aromatic carbocycles. The quantitative estimate of drug-likeness (QED) is 0.606. The fourth-order valence-corrected chi connectivity index (χ4v) is 5.48. The van der Waals surface area contributed by atoms with Crippen molar-refractivity contribution in [2.24, 2.45) is 0 Å². The summed E-state index contributed by atoms with van der Waals surface area (Å²) < 4.78 is 1.20. The number of fused-ring (bicyclic) bond motifs is 1. The summed E-state index contributed by atoms with van der Waals surface area (Å²) in [6.07, 6.45) is 4.67. The third-order valence-corrected chi connectivity index (χ3v) is 7.27. The number of rotatable bonds is 4. The highest BCUT2D eigenvalue weighted by Crippen LogP contribution is 2.37. The van der Waals surface area contributed by atoms with Crippen LogP contribution in [0.1, 0.15) is 23.4 Å². The summed E-state index contributed by atoms with van der Waals surface area (Å²) in [5.41, 5.74) is 1.16. The maximum atomic E-state index is 13.3. The van der Waals surface area contributed by atoms with Gasteiger partial charge in [-0.3, -0.25) is 19.6 Å². The number of thiazole rings is 1. The van der Waals surface area contributed by atoms with E-state index in [0.29, 0.717) is 12.8 Å². The van der Waals surface area contributed by atoms with Gasteiger partial charge in [0.25, 0.3) is 5.91 Å². The number of hydrogen-bond donors (Lipinski definition) is 0. The van der Waals surface area contributed by atoms with Gasteiger partial charge in [0, 0.05) is 32.5 Å². The number of imide groups is 1. The monoisotopic (exact) mass is 421 g/mol. The van der Waals surface area contributed by atoms with Gasteiger partial charge in [0.1, 0.15) is 10.5 Å². The van der Waals surface area contributed by atoms with E-state index >= 15 is 0 Å². The van der Waals surface area contributed by atoms with Crippen molar-refractivity contribution in [3.8, 4) is 0 Å². The number of pyridine rings is 1. The zero-order valence-electron chi connectivity index (χ0n) is 16.8. The lowest BCUT2D eigenvalue weighted by Gasteiger charge is -2.40. The predicted molar refractivity (Wildman–Crippen MR) is 115 cm³/mol. The van der Waals surface area contributed by atoms with Crippen LogP contribution in [0.2, 0.25) is 0 Å². The highest BCUT2D eigenvalue weighted by Gasteiger charge is 2.56. The zero-order chi connectivity index (χ0) is 20.7. The standard InChI is InChI=1S/C22H23N5O2S/c1-25-21(29)27(14-16-5-4-10-23-13-16)20(28)22(25)8-11-26(12-9-22)15-19-24-17-6-2-3-7-18(17)30-19/h2-7,10,13H,8-9,11-12,14-15H2,1H3. The van der Waals surface area contributed by atoms with Crippen LogP contribution in [0.4, 0.5) is 4.79 Å². The van der Waals surface area contributed by atoms with Gasteiger partial charge in [-0.15, -0.1) is 11.3 Å². The van der Waals surface area contributed by atoms with Crippen molar-refractivity contribution in [1.29, 1.82) is 0 Å². The number of para-hydroxylation sites is 1. The molecule has 2 aliphatic rings. The second-order valence-corrected chi connectivity index (χ2v) is 9.09. The molecular formula is C22H23N5O2S. The Balaban J connectivity index is 1.28. The Bertz CT molecular complexity index is 1060. The molecule has 0 atom stereocenters. The Morgan fingerprint density at radius 2 is 1.87 bits per heavy atom. The minimum absolute atomic E-state index is 0.0847. The van der Waals surface area contributed by atoms with Gasteiger partial charge >= 0.3 is 6.03 Å². The van der Waals surface area contributed by atoms with Crippen molar-refractivity contribution in [2.75, 3.05) is 20.1 Å². The number of benzene rings is 1. The van der Waals surface area contributed by atoms with Crippen LogP contribution in [-0.4, -0.2) is 62.3 Å². The number of carbonyl (C=O) groups is 2. The first-order valence-electron chi connectivity index (χ1n) is 10.1. The molecule has 0 aliphatic carbocycles. The SMILES string of the molecule is CN1C(=O)N(Cc2cccnc2)C(=O)C12CCN(Cc1nc3ccccc3s1)CC2. The topological polar surface area (TPSA) is 69.6 Å². The summed E-state index contributed by atoms with van der Waals surface area (Å²) >= 11 is 1.72. The van der Waals surface area contributed by atoms with E-state index in [9.17, 15) is 9.59 Å². The number of hydrogen-bond acceptors (Lipinski definition) is 6. The molecule has 7 nitrogen and oxygen atoms in total. The number of piperidine rings is 1. The molecule has 4 heterocycles. The molecule has 0 saturated carbocycles. The van der Waals surface area contributed by atoms with Crippen LogP contribution in [0.15, 0.2) is 48.8 Å². The van der Waals surface area contributed by atoms with Crippen molar-refractivity contribution in [3.63, 3.8) is 0 Å². The largest absolute Gasteiger partial charge is 0.327 e. The van der Waals surface area contributed by atoms with Gasteiger partial charge < -0.3 is 4.90 Å². The van der Waals surface area contributed by atoms with Crippen LogP contribution in [0.3, 0.4) is 0 Å². The summed E-state index contributed by atoms with van der Waals surface area (Å²) in [5.74, 6) is -0.0847. The van der Waals surface area contributed by atoms with E-state index in [4.69, 9.17) is 4.98 Å². The molecule has 3 aromatic rings. The van der Waals surface area contributed by atoms with Crippen LogP contribution >= 0.6 is 11.3 Å².